The molecule has 2 aliphatic carbocycles. The van der Waals surface area contributed by atoms with E-state index in [0.717, 1.165) is 17.1 Å². The van der Waals surface area contributed by atoms with Crippen molar-refractivity contribution in [1.29, 1.82) is 0 Å². The zero-order valence-electron chi connectivity index (χ0n) is 28.3. The van der Waals surface area contributed by atoms with Crippen LogP contribution in [0.5, 0.6) is 0 Å². The molecule has 0 N–H and O–H groups in total. The number of para-hydroxylation sites is 1. The quantitative estimate of drug-likeness (QED) is 0.173. The van der Waals surface area contributed by atoms with E-state index in [4.69, 9.17) is 0 Å². The number of fused-ring (bicyclic) bond motifs is 17. The molecule has 0 heterocycles. The Morgan fingerprint density at radius 2 is 0.961 bits per heavy atom. The minimum atomic E-state index is -0.474. The second kappa shape index (κ2) is 10.5. The van der Waals surface area contributed by atoms with Gasteiger partial charge in [0.1, 0.15) is 0 Å². The Kier molecular flexibility index (Phi) is 5.86. The van der Waals surface area contributed by atoms with Crippen LogP contribution in [-0.2, 0) is 5.41 Å². The molecule has 51 heavy (non-hydrogen) atoms. The van der Waals surface area contributed by atoms with Crippen LogP contribution in [0.3, 0.4) is 0 Å². The topological polar surface area (TPSA) is 3.24 Å². The van der Waals surface area contributed by atoms with Gasteiger partial charge in [0.2, 0.25) is 0 Å². The lowest BCUT2D eigenvalue weighted by atomic mass is 9.68. The fraction of sp³-hybridized carbons (Fsp3) is 0.0400. The highest BCUT2D eigenvalue weighted by atomic mass is 15.1. The number of hydrogen-bond acceptors (Lipinski definition) is 1. The molecule has 0 unspecified atom stereocenters. The number of hydrogen-bond donors (Lipinski definition) is 0. The summed E-state index contributed by atoms with van der Waals surface area (Å²) in [4.78, 5) is 2.38. The first-order valence-corrected chi connectivity index (χ1v) is 17.9. The third kappa shape index (κ3) is 3.75. The maximum absolute atomic E-state index is 2.42. The van der Waals surface area contributed by atoms with Gasteiger partial charge in [-0.15, -0.1) is 0 Å². The second-order valence-corrected chi connectivity index (χ2v) is 14.1. The largest absolute Gasteiger partial charge is 0.310 e. The molecule has 1 heteroatoms. The van der Waals surface area contributed by atoms with Crippen LogP contribution in [0.4, 0.5) is 17.1 Å². The summed E-state index contributed by atoms with van der Waals surface area (Å²) < 4.78 is 0. The van der Waals surface area contributed by atoms with Crippen molar-refractivity contribution in [1.82, 2.24) is 0 Å². The summed E-state index contributed by atoms with van der Waals surface area (Å²) in [6.07, 6.45) is 0. The maximum atomic E-state index is 2.42. The van der Waals surface area contributed by atoms with Crippen LogP contribution in [0.2, 0.25) is 0 Å². The minimum absolute atomic E-state index is 0.474. The molecule has 1 nitrogen and oxygen atoms in total. The van der Waals surface area contributed by atoms with E-state index in [-0.39, 0.29) is 0 Å². The summed E-state index contributed by atoms with van der Waals surface area (Å²) in [6.45, 7) is 2.16. The standard InChI is InChI=1S/C50H33N/c1-32-14-13-17-35(30-32)51(34-15-3-2-4-16-34)36-27-29-37-33(31-36)26-28-44-47-42-22-7-5-18-38(42)39-19-6-8-23-43(39)49(47)50(48(37)44)45-24-11-9-20-40(45)41-21-10-12-25-46(41)50/h2-31H,1H3. The normalized spacial score (nSPS) is 13.4. The summed E-state index contributed by atoms with van der Waals surface area (Å²) in [6, 6.07) is 67.8. The lowest BCUT2D eigenvalue weighted by molar-refractivity contribution is 0.809. The monoisotopic (exact) mass is 647 g/mol. The molecule has 9 aromatic carbocycles. The average Bonchev–Trinajstić information content (AvgIpc) is 3.67. The first-order valence-electron chi connectivity index (χ1n) is 17.9. The molecule has 1 spiro atoms. The SMILES string of the molecule is Cc1cccc(N(c2ccccc2)c2ccc3c4c(ccc3c2)-c2c(c3ccccc3c3ccccc23)C42c3ccccc3-c3ccccc32)c1. The number of nitrogens with zero attached hydrogens (tertiary/aromatic N) is 1. The molecule has 0 aliphatic heterocycles. The van der Waals surface area contributed by atoms with Gasteiger partial charge in [-0.05, 0) is 126 Å². The Morgan fingerprint density at radius 3 is 1.69 bits per heavy atom. The van der Waals surface area contributed by atoms with Gasteiger partial charge in [0, 0.05) is 17.1 Å². The van der Waals surface area contributed by atoms with Gasteiger partial charge in [-0.2, -0.15) is 0 Å². The van der Waals surface area contributed by atoms with Crippen molar-refractivity contribution >= 4 is 49.4 Å². The fourth-order valence-electron chi connectivity index (χ4n) is 9.57. The summed E-state index contributed by atoms with van der Waals surface area (Å²) in [5.41, 5.74) is 15.1. The highest BCUT2D eigenvalue weighted by Gasteiger charge is 2.53. The molecule has 0 amide bonds. The summed E-state index contributed by atoms with van der Waals surface area (Å²) in [7, 11) is 0. The molecule has 2 aliphatic rings. The van der Waals surface area contributed by atoms with Gasteiger partial charge in [0.15, 0.2) is 0 Å². The molecule has 238 valence electrons. The van der Waals surface area contributed by atoms with Gasteiger partial charge in [0.25, 0.3) is 0 Å². The third-order valence-electron chi connectivity index (χ3n) is 11.4. The summed E-state index contributed by atoms with van der Waals surface area (Å²) in [5.74, 6) is 0. The summed E-state index contributed by atoms with van der Waals surface area (Å²) in [5, 5.41) is 7.79. The van der Waals surface area contributed by atoms with Crippen LogP contribution in [0.1, 0.15) is 27.8 Å². The fourth-order valence-corrected chi connectivity index (χ4v) is 9.57. The number of rotatable bonds is 3. The van der Waals surface area contributed by atoms with Crippen molar-refractivity contribution in [2.75, 3.05) is 4.90 Å². The van der Waals surface area contributed by atoms with Crippen molar-refractivity contribution in [3.8, 4) is 22.3 Å². The van der Waals surface area contributed by atoms with Gasteiger partial charge < -0.3 is 4.90 Å². The molecule has 0 fully saturated rings. The van der Waals surface area contributed by atoms with Crippen LogP contribution in [-0.4, -0.2) is 0 Å². The van der Waals surface area contributed by atoms with E-state index >= 15 is 0 Å². The lowest BCUT2D eigenvalue weighted by Crippen LogP contribution is -2.26. The molecule has 9 aromatic rings. The van der Waals surface area contributed by atoms with E-state index in [1.54, 1.807) is 0 Å². The van der Waals surface area contributed by atoms with E-state index in [9.17, 15) is 0 Å². The number of anilines is 3. The predicted octanol–water partition coefficient (Wildman–Crippen LogP) is 13.3. The highest BCUT2D eigenvalue weighted by Crippen LogP contribution is 2.66. The van der Waals surface area contributed by atoms with Gasteiger partial charge in [0.05, 0.1) is 5.41 Å². The number of benzene rings is 9. The van der Waals surface area contributed by atoms with Gasteiger partial charge in [-0.3, -0.25) is 0 Å². The molecule has 0 atom stereocenters. The first-order chi connectivity index (χ1) is 25.2. The molecular weight excluding hydrogens is 615 g/mol. The Morgan fingerprint density at radius 1 is 0.373 bits per heavy atom. The zero-order valence-corrected chi connectivity index (χ0v) is 28.3. The van der Waals surface area contributed by atoms with Crippen molar-refractivity contribution in [2.24, 2.45) is 0 Å². The maximum Gasteiger partial charge on any atom is 0.0737 e. The highest BCUT2D eigenvalue weighted by molar-refractivity contribution is 6.21. The Hall–Kier alpha value is -6.44. The van der Waals surface area contributed by atoms with E-state index in [0.29, 0.717) is 0 Å². The lowest BCUT2D eigenvalue weighted by Gasteiger charge is -2.33. The smallest absolute Gasteiger partial charge is 0.0737 e. The van der Waals surface area contributed by atoms with Gasteiger partial charge in [-0.25, -0.2) is 0 Å². The van der Waals surface area contributed by atoms with Crippen LogP contribution in [0.25, 0.3) is 54.6 Å². The van der Waals surface area contributed by atoms with Gasteiger partial charge in [-0.1, -0.05) is 146 Å². The van der Waals surface area contributed by atoms with Crippen LogP contribution >= 0.6 is 0 Å². The van der Waals surface area contributed by atoms with Gasteiger partial charge >= 0.3 is 0 Å². The molecule has 0 saturated carbocycles. The Balaban J connectivity index is 1.28. The molecular formula is C50H33N. The molecule has 0 saturated heterocycles. The minimum Gasteiger partial charge on any atom is -0.310 e. The molecule has 11 rings (SSSR count). The van der Waals surface area contributed by atoms with Crippen molar-refractivity contribution in [3.05, 3.63) is 210 Å². The first kappa shape index (κ1) is 28.4. The van der Waals surface area contributed by atoms with Crippen molar-refractivity contribution < 1.29 is 0 Å². The van der Waals surface area contributed by atoms with Crippen LogP contribution in [0, 0.1) is 6.92 Å². The second-order valence-electron chi connectivity index (χ2n) is 14.1. The van der Waals surface area contributed by atoms with E-state index in [2.05, 4.69) is 194 Å². The van der Waals surface area contributed by atoms with E-state index < -0.39 is 5.41 Å². The van der Waals surface area contributed by atoms with E-state index in [1.165, 1.54) is 82.4 Å². The predicted molar refractivity (Wildman–Crippen MR) is 215 cm³/mol. The van der Waals surface area contributed by atoms with E-state index in [1.807, 2.05) is 0 Å². The summed E-state index contributed by atoms with van der Waals surface area (Å²) >= 11 is 0. The van der Waals surface area contributed by atoms with Crippen molar-refractivity contribution in [2.45, 2.75) is 12.3 Å². The number of aryl methyl sites for hydroxylation is 1. The zero-order chi connectivity index (χ0) is 33.7. The van der Waals surface area contributed by atoms with Crippen LogP contribution in [0.15, 0.2) is 182 Å². The van der Waals surface area contributed by atoms with Crippen molar-refractivity contribution in [3.63, 3.8) is 0 Å². The average molecular weight is 648 g/mol. The van der Waals surface area contributed by atoms with Crippen LogP contribution < -0.4 is 4.90 Å². The Labute approximate surface area is 297 Å². The Bertz CT molecular complexity index is 2840. The molecule has 0 bridgehead atoms. The molecule has 0 radical (unpaired) electrons. The third-order valence-corrected chi connectivity index (χ3v) is 11.4. The molecule has 0 aromatic heterocycles.